The van der Waals surface area contributed by atoms with Crippen LogP contribution in [0.25, 0.3) is 11.1 Å². The zero-order valence-corrected chi connectivity index (χ0v) is 19.4. The number of pyridine rings is 1. The number of alkyl halides is 3. The smallest absolute Gasteiger partial charge is 0.366 e. The molecular formula is C24H24F4N4O3. The van der Waals surface area contributed by atoms with Crippen molar-refractivity contribution in [3.05, 3.63) is 64.6 Å². The van der Waals surface area contributed by atoms with Crippen LogP contribution >= 0.6 is 0 Å². The van der Waals surface area contributed by atoms with E-state index in [9.17, 15) is 18.0 Å². The highest BCUT2D eigenvalue weighted by Crippen LogP contribution is 2.34. The number of nitrogens with one attached hydrogen (secondary N) is 1. The van der Waals surface area contributed by atoms with Crippen molar-refractivity contribution in [2.45, 2.75) is 39.6 Å². The Balaban J connectivity index is 1.71. The second-order valence-electron chi connectivity index (χ2n) is 8.45. The van der Waals surface area contributed by atoms with Gasteiger partial charge in [0.25, 0.3) is 5.91 Å². The summed E-state index contributed by atoms with van der Waals surface area (Å²) in [6, 6.07) is 7.70. The summed E-state index contributed by atoms with van der Waals surface area (Å²) in [4.78, 5) is 18.3. The monoisotopic (exact) mass is 492 g/mol. The molecule has 1 aromatic carbocycles. The molecule has 7 nitrogen and oxygen atoms in total. The Morgan fingerprint density at radius 2 is 1.86 bits per heavy atom. The molecule has 0 bridgehead atoms. The number of benzene rings is 1. The molecule has 35 heavy (non-hydrogen) atoms. The van der Waals surface area contributed by atoms with Gasteiger partial charge in [-0.15, -0.1) is 0 Å². The van der Waals surface area contributed by atoms with Crippen molar-refractivity contribution < 1.29 is 31.6 Å². The van der Waals surface area contributed by atoms with Crippen molar-refractivity contribution in [1.82, 2.24) is 15.5 Å². The molecule has 3 heterocycles. The molecule has 4 rings (SSSR count). The number of carbonyl (C=O) groups is 1. The van der Waals surface area contributed by atoms with Gasteiger partial charge in [-0.2, -0.15) is 13.2 Å². The van der Waals surface area contributed by atoms with Crippen LogP contribution in [0.5, 0.6) is 0 Å². The van der Waals surface area contributed by atoms with Crippen molar-refractivity contribution in [1.29, 1.82) is 0 Å². The Morgan fingerprint density at radius 1 is 1.14 bits per heavy atom. The topological polar surface area (TPSA) is 80.5 Å². The SMILES string of the molecule is Cc1cc(-c2c(F)cc(N3CCO[C@@H](C(F)(F)F)C3)cc2CNC(=O)c2cc(C)on2)cc(C)n1. The summed E-state index contributed by atoms with van der Waals surface area (Å²) in [6.45, 7) is 4.68. The van der Waals surface area contributed by atoms with Crippen LogP contribution in [0.1, 0.15) is 33.2 Å². The molecule has 1 N–H and O–H groups in total. The lowest BCUT2D eigenvalue weighted by Gasteiger charge is -2.35. The fourth-order valence-corrected chi connectivity index (χ4v) is 4.09. The molecule has 0 radical (unpaired) electrons. The van der Waals surface area contributed by atoms with Crippen LogP contribution < -0.4 is 10.2 Å². The minimum Gasteiger partial charge on any atom is -0.366 e. The van der Waals surface area contributed by atoms with Gasteiger partial charge in [0.1, 0.15) is 11.6 Å². The van der Waals surface area contributed by atoms with Crippen molar-refractivity contribution in [2.75, 3.05) is 24.6 Å². The van der Waals surface area contributed by atoms with Gasteiger partial charge in [0.15, 0.2) is 11.8 Å². The number of ether oxygens (including phenoxy) is 1. The number of hydrogen-bond acceptors (Lipinski definition) is 6. The zero-order valence-electron chi connectivity index (χ0n) is 19.4. The van der Waals surface area contributed by atoms with Crippen LogP contribution in [0, 0.1) is 26.6 Å². The molecule has 1 fully saturated rings. The van der Waals surface area contributed by atoms with Gasteiger partial charge in [0, 0.05) is 41.8 Å². The second-order valence-corrected chi connectivity index (χ2v) is 8.45. The van der Waals surface area contributed by atoms with Gasteiger partial charge in [-0.25, -0.2) is 4.39 Å². The van der Waals surface area contributed by atoms with E-state index >= 15 is 4.39 Å². The molecule has 0 unspecified atom stereocenters. The first-order chi connectivity index (χ1) is 16.5. The van der Waals surface area contributed by atoms with Crippen molar-refractivity contribution in [2.24, 2.45) is 0 Å². The number of morpholine rings is 1. The maximum Gasteiger partial charge on any atom is 0.416 e. The third-order valence-corrected chi connectivity index (χ3v) is 5.62. The van der Waals surface area contributed by atoms with Gasteiger partial charge >= 0.3 is 6.18 Å². The second kappa shape index (κ2) is 9.65. The molecule has 0 spiro atoms. The summed E-state index contributed by atoms with van der Waals surface area (Å²) < 4.78 is 65.0. The summed E-state index contributed by atoms with van der Waals surface area (Å²) in [7, 11) is 0. The molecule has 1 atom stereocenters. The number of amides is 1. The van der Waals surface area contributed by atoms with E-state index in [1.54, 1.807) is 39.0 Å². The highest BCUT2D eigenvalue weighted by molar-refractivity contribution is 5.92. The number of halogens is 4. The third-order valence-electron chi connectivity index (χ3n) is 5.62. The molecule has 0 saturated carbocycles. The number of aromatic nitrogens is 2. The normalized spacial score (nSPS) is 16.4. The summed E-state index contributed by atoms with van der Waals surface area (Å²) in [5.41, 5.74) is 2.88. The van der Waals surface area contributed by atoms with E-state index < -0.39 is 30.5 Å². The van der Waals surface area contributed by atoms with Gasteiger partial charge in [-0.1, -0.05) is 5.16 Å². The average molecular weight is 492 g/mol. The first-order valence-electron chi connectivity index (χ1n) is 10.9. The molecule has 1 saturated heterocycles. The van der Waals surface area contributed by atoms with Crippen LogP contribution in [0.4, 0.5) is 23.2 Å². The van der Waals surface area contributed by atoms with Crippen molar-refractivity contribution in [3.8, 4) is 11.1 Å². The maximum absolute atomic E-state index is 15.6. The van der Waals surface area contributed by atoms with Crippen LogP contribution in [0.15, 0.2) is 34.9 Å². The van der Waals surface area contributed by atoms with Gasteiger partial charge in [0.2, 0.25) is 0 Å². The maximum atomic E-state index is 15.6. The Bertz CT molecular complexity index is 1220. The van der Waals surface area contributed by atoms with Crippen LogP contribution in [0.2, 0.25) is 0 Å². The van der Waals surface area contributed by atoms with Crippen molar-refractivity contribution in [3.63, 3.8) is 0 Å². The molecule has 0 aliphatic carbocycles. The van der Waals surface area contributed by atoms with Gasteiger partial charge in [-0.05, 0) is 56.2 Å². The Hall–Kier alpha value is -3.47. The Kier molecular flexibility index (Phi) is 6.79. The summed E-state index contributed by atoms with van der Waals surface area (Å²) >= 11 is 0. The van der Waals surface area contributed by atoms with Crippen molar-refractivity contribution >= 4 is 11.6 Å². The van der Waals surface area contributed by atoms with Crippen LogP contribution in [-0.2, 0) is 11.3 Å². The fourth-order valence-electron chi connectivity index (χ4n) is 4.09. The predicted octanol–water partition coefficient (Wildman–Crippen LogP) is 4.50. The molecule has 186 valence electrons. The Labute approximate surface area is 199 Å². The number of hydrogen-bond donors (Lipinski definition) is 1. The standard InChI is InChI=1S/C24H24F4N4O3/c1-13-6-16(7-14(2)30-13)22-17(11-29-23(33)20-8-15(3)35-31-20)9-18(10-19(22)25)32-4-5-34-21(12-32)24(26,27)28/h6-10,21H,4-5,11-12H2,1-3H3,(H,29,33)/t21-/m1/s1. The van der Waals surface area contributed by atoms with Gasteiger partial charge in [0.05, 0.1) is 13.2 Å². The highest BCUT2D eigenvalue weighted by atomic mass is 19.4. The average Bonchev–Trinajstić information content (AvgIpc) is 3.22. The summed E-state index contributed by atoms with van der Waals surface area (Å²) in [6.07, 6.45) is -6.50. The first-order valence-corrected chi connectivity index (χ1v) is 10.9. The molecule has 11 heteroatoms. The zero-order chi connectivity index (χ0) is 25.3. The number of nitrogens with zero attached hydrogens (tertiary/aromatic N) is 3. The third kappa shape index (κ3) is 5.61. The fraction of sp³-hybridized carbons (Fsp3) is 0.375. The van der Waals surface area contributed by atoms with E-state index in [-0.39, 0.29) is 36.6 Å². The van der Waals surface area contributed by atoms with Gasteiger partial charge < -0.3 is 19.5 Å². The van der Waals surface area contributed by atoms with Crippen LogP contribution in [0.3, 0.4) is 0 Å². The van der Waals surface area contributed by atoms with E-state index in [1.807, 2.05) is 0 Å². The summed E-state index contributed by atoms with van der Waals surface area (Å²) in [5.74, 6) is -0.688. The van der Waals surface area contributed by atoms with E-state index in [1.165, 1.54) is 17.0 Å². The number of rotatable bonds is 5. The minimum atomic E-state index is -4.53. The van der Waals surface area contributed by atoms with E-state index in [4.69, 9.17) is 9.26 Å². The number of carbonyl (C=O) groups excluding carboxylic acids is 1. The quantitative estimate of drug-likeness (QED) is 0.529. The van der Waals surface area contributed by atoms with Gasteiger partial charge in [-0.3, -0.25) is 9.78 Å². The lowest BCUT2D eigenvalue weighted by molar-refractivity contribution is -0.221. The molecule has 2 aromatic heterocycles. The van der Waals surface area contributed by atoms with E-state index in [0.717, 1.165) is 0 Å². The lowest BCUT2D eigenvalue weighted by atomic mass is 9.97. The predicted molar refractivity (Wildman–Crippen MR) is 120 cm³/mol. The van der Waals surface area contributed by atoms with Crippen LogP contribution in [-0.4, -0.2) is 48.0 Å². The largest absolute Gasteiger partial charge is 0.416 e. The molecule has 1 aliphatic heterocycles. The first kappa shape index (κ1) is 24.6. The van der Waals surface area contributed by atoms with E-state index in [2.05, 4.69) is 15.5 Å². The van der Waals surface area contributed by atoms with E-state index in [0.29, 0.717) is 28.3 Å². The summed E-state index contributed by atoms with van der Waals surface area (Å²) in [5, 5.41) is 6.37. The number of anilines is 1. The molecule has 1 aliphatic rings. The Morgan fingerprint density at radius 3 is 2.49 bits per heavy atom. The molecular weight excluding hydrogens is 468 g/mol. The lowest BCUT2D eigenvalue weighted by Crippen LogP contribution is -2.49. The molecule has 3 aromatic rings. The number of aryl methyl sites for hydroxylation is 3. The minimum absolute atomic E-state index is 0.0671. The highest BCUT2D eigenvalue weighted by Gasteiger charge is 2.43. The molecule has 1 amide bonds.